The van der Waals surface area contributed by atoms with Crippen LogP contribution < -0.4 is 0 Å². The van der Waals surface area contributed by atoms with Crippen LogP contribution in [0.1, 0.15) is 0 Å². The summed E-state index contributed by atoms with van der Waals surface area (Å²) in [5.41, 5.74) is 0. The van der Waals surface area contributed by atoms with Gasteiger partial charge in [0.15, 0.2) is 0 Å². The van der Waals surface area contributed by atoms with Crippen molar-refractivity contribution in [2.24, 2.45) is 0 Å². The Bertz CT molecular complexity index is 248. The lowest BCUT2D eigenvalue weighted by molar-refractivity contribution is -0.137. The number of carboxylic acid groups (broad SMARTS) is 1. The first-order chi connectivity index (χ1) is 5.52. The maximum absolute atomic E-state index is 11.0. The molecule has 0 unspecified atom stereocenters. The molecular formula is C6H8N2O4. The van der Waals surface area contributed by atoms with Crippen molar-refractivity contribution in [1.29, 1.82) is 0 Å². The smallest absolute Gasteiger partial charge is 0.327 e. The Balaban J connectivity index is 2.65. The van der Waals surface area contributed by atoms with E-state index >= 15 is 0 Å². The highest BCUT2D eigenvalue weighted by Gasteiger charge is 2.33. The number of amides is 3. The molecule has 6 heteroatoms. The number of urea groups is 1. The third kappa shape index (κ3) is 1.36. The lowest BCUT2D eigenvalue weighted by Crippen LogP contribution is -2.33. The van der Waals surface area contributed by atoms with Crippen LogP contribution in [0.5, 0.6) is 0 Å². The van der Waals surface area contributed by atoms with Crippen LogP contribution >= 0.6 is 0 Å². The molecule has 1 aliphatic rings. The number of likely N-dealkylation sites (N-methyl/N-ethyl adjacent to an activating group) is 1. The minimum atomic E-state index is -1.12. The van der Waals surface area contributed by atoms with E-state index in [1.165, 1.54) is 7.05 Å². The number of hydrogen-bond acceptors (Lipinski definition) is 3. The fourth-order valence-corrected chi connectivity index (χ4v) is 0.943. The molecule has 0 aliphatic carbocycles. The zero-order valence-electron chi connectivity index (χ0n) is 6.48. The summed E-state index contributed by atoms with van der Waals surface area (Å²) in [6.07, 6.45) is 0. The van der Waals surface area contributed by atoms with E-state index in [2.05, 4.69) is 0 Å². The van der Waals surface area contributed by atoms with Gasteiger partial charge in [0.2, 0.25) is 5.91 Å². The van der Waals surface area contributed by atoms with Crippen molar-refractivity contribution in [1.82, 2.24) is 9.80 Å². The molecule has 0 bridgehead atoms. The molecule has 1 saturated heterocycles. The van der Waals surface area contributed by atoms with Gasteiger partial charge in [-0.2, -0.15) is 0 Å². The maximum atomic E-state index is 11.0. The Morgan fingerprint density at radius 1 is 1.58 bits per heavy atom. The number of aliphatic carboxylic acids is 1. The fourth-order valence-electron chi connectivity index (χ4n) is 0.943. The molecule has 0 atom stereocenters. The van der Waals surface area contributed by atoms with Gasteiger partial charge in [-0.3, -0.25) is 14.5 Å². The predicted molar refractivity (Wildman–Crippen MR) is 37.4 cm³/mol. The molecule has 1 rings (SSSR count). The predicted octanol–water partition coefficient (Wildman–Crippen LogP) is -1.03. The van der Waals surface area contributed by atoms with Gasteiger partial charge in [-0.05, 0) is 0 Å². The van der Waals surface area contributed by atoms with Crippen LogP contribution in [0.25, 0.3) is 0 Å². The van der Waals surface area contributed by atoms with Gasteiger partial charge in [0.1, 0.15) is 13.1 Å². The first-order valence-electron chi connectivity index (χ1n) is 3.29. The van der Waals surface area contributed by atoms with Gasteiger partial charge in [0.25, 0.3) is 0 Å². The van der Waals surface area contributed by atoms with E-state index in [0.717, 1.165) is 9.80 Å². The molecule has 0 saturated carbocycles. The summed E-state index contributed by atoms with van der Waals surface area (Å²) in [6, 6.07) is -0.553. The highest BCUT2D eigenvalue weighted by atomic mass is 16.4. The normalized spacial score (nSPS) is 17.4. The highest BCUT2D eigenvalue weighted by molar-refractivity contribution is 6.02. The minimum Gasteiger partial charge on any atom is -0.480 e. The van der Waals surface area contributed by atoms with Crippen LogP contribution in [0.15, 0.2) is 0 Å². The van der Waals surface area contributed by atoms with E-state index in [1.807, 2.05) is 0 Å². The van der Waals surface area contributed by atoms with Crippen molar-refractivity contribution < 1.29 is 19.5 Å². The quantitative estimate of drug-likeness (QED) is 0.540. The van der Waals surface area contributed by atoms with Crippen LogP contribution in [-0.2, 0) is 9.59 Å². The highest BCUT2D eigenvalue weighted by Crippen LogP contribution is 2.06. The summed E-state index contributed by atoms with van der Waals surface area (Å²) in [7, 11) is 1.33. The molecule has 6 nitrogen and oxygen atoms in total. The first kappa shape index (κ1) is 8.51. The van der Waals surface area contributed by atoms with Crippen LogP contribution in [-0.4, -0.2) is 53.0 Å². The van der Waals surface area contributed by atoms with Crippen molar-refractivity contribution in [3.05, 3.63) is 0 Å². The Morgan fingerprint density at radius 2 is 2.17 bits per heavy atom. The average Bonchev–Trinajstić information content (AvgIpc) is 2.17. The van der Waals surface area contributed by atoms with E-state index in [-0.39, 0.29) is 12.5 Å². The summed E-state index contributed by atoms with van der Waals surface area (Å²) in [5.74, 6) is -1.49. The number of carbonyl (C=O) groups is 3. The van der Waals surface area contributed by atoms with Gasteiger partial charge in [0.05, 0.1) is 0 Å². The van der Waals surface area contributed by atoms with Crippen molar-refractivity contribution in [3.8, 4) is 0 Å². The zero-order valence-corrected chi connectivity index (χ0v) is 6.48. The monoisotopic (exact) mass is 172 g/mol. The van der Waals surface area contributed by atoms with E-state index in [0.29, 0.717) is 0 Å². The Kier molecular flexibility index (Phi) is 1.99. The molecule has 1 N–H and O–H groups in total. The summed E-state index contributed by atoms with van der Waals surface area (Å²) < 4.78 is 0. The number of hydrogen-bond donors (Lipinski definition) is 1. The van der Waals surface area contributed by atoms with Crippen molar-refractivity contribution in [3.63, 3.8) is 0 Å². The number of carboxylic acids is 1. The van der Waals surface area contributed by atoms with E-state index < -0.39 is 18.5 Å². The standard InChI is InChI=1S/C6H8N2O4/c1-7-4(9)2-8(6(7)12)3-5(10)11/h2-3H2,1H3,(H,10,11). The van der Waals surface area contributed by atoms with E-state index in [9.17, 15) is 14.4 Å². The van der Waals surface area contributed by atoms with Gasteiger partial charge in [0, 0.05) is 7.05 Å². The summed E-state index contributed by atoms with van der Waals surface area (Å²) in [6.45, 7) is -0.559. The third-order valence-electron chi connectivity index (χ3n) is 1.58. The second kappa shape index (κ2) is 2.80. The van der Waals surface area contributed by atoms with Crippen molar-refractivity contribution >= 4 is 17.9 Å². The molecule has 0 radical (unpaired) electrons. The first-order valence-corrected chi connectivity index (χ1v) is 3.29. The lowest BCUT2D eigenvalue weighted by Gasteiger charge is -2.10. The minimum absolute atomic E-state index is 0.137. The summed E-state index contributed by atoms with van der Waals surface area (Å²) in [5, 5.41) is 8.34. The molecule has 0 aromatic heterocycles. The van der Waals surface area contributed by atoms with Gasteiger partial charge in [-0.25, -0.2) is 4.79 Å². The zero-order chi connectivity index (χ0) is 9.30. The number of nitrogens with zero attached hydrogens (tertiary/aromatic N) is 2. The second-order valence-electron chi connectivity index (χ2n) is 2.49. The Labute approximate surface area is 68.4 Å². The van der Waals surface area contributed by atoms with Crippen molar-refractivity contribution in [2.75, 3.05) is 20.1 Å². The number of imide groups is 1. The topological polar surface area (TPSA) is 77.9 Å². The van der Waals surface area contributed by atoms with Crippen LogP contribution in [0.4, 0.5) is 4.79 Å². The summed E-state index contributed by atoms with van der Waals surface area (Å²) in [4.78, 5) is 33.9. The number of rotatable bonds is 2. The molecule has 0 aromatic carbocycles. The lowest BCUT2D eigenvalue weighted by atomic mass is 10.5. The summed E-state index contributed by atoms with van der Waals surface area (Å²) >= 11 is 0. The van der Waals surface area contributed by atoms with Crippen molar-refractivity contribution in [2.45, 2.75) is 0 Å². The average molecular weight is 172 g/mol. The van der Waals surface area contributed by atoms with Crippen LogP contribution in [0.3, 0.4) is 0 Å². The molecule has 0 spiro atoms. The molecule has 0 aromatic rings. The van der Waals surface area contributed by atoms with Gasteiger partial charge in [-0.15, -0.1) is 0 Å². The molecule has 1 aliphatic heterocycles. The number of carbonyl (C=O) groups excluding carboxylic acids is 2. The molecule has 3 amide bonds. The Hall–Kier alpha value is -1.59. The largest absolute Gasteiger partial charge is 0.480 e. The Morgan fingerprint density at radius 3 is 2.50 bits per heavy atom. The molecular weight excluding hydrogens is 164 g/mol. The molecule has 1 heterocycles. The molecule has 66 valence electrons. The second-order valence-corrected chi connectivity index (χ2v) is 2.49. The van der Waals surface area contributed by atoms with Gasteiger partial charge < -0.3 is 10.0 Å². The van der Waals surface area contributed by atoms with Crippen LogP contribution in [0.2, 0.25) is 0 Å². The molecule has 12 heavy (non-hydrogen) atoms. The van der Waals surface area contributed by atoms with Crippen LogP contribution in [0, 0.1) is 0 Å². The third-order valence-corrected chi connectivity index (χ3v) is 1.58. The molecule has 1 fully saturated rings. The fraction of sp³-hybridized carbons (Fsp3) is 0.500. The maximum Gasteiger partial charge on any atom is 0.327 e. The van der Waals surface area contributed by atoms with E-state index in [1.54, 1.807) is 0 Å². The van der Waals surface area contributed by atoms with Gasteiger partial charge >= 0.3 is 12.0 Å². The SMILES string of the molecule is CN1C(=O)CN(CC(=O)O)C1=O. The van der Waals surface area contributed by atoms with Gasteiger partial charge in [-0.1, -0.05) is 0 Å². The van der Waals surface area contributed by atoms with E-state index in [4.69, 9.17) is 5.11 Å².